The lowest BCUT2D eigenvalue weighted by molar-refractivity contribution is -0.112. The maximum atomic E-state index is 11.7. The van der Waals surface area contributed by atoms with Crippen LogP contribution in [-0.4, -0.2) is 11.9 Å². The molecule has 82 valence electrons. The minimum atomic E-state index is -0.511. The van der Waals surface area contributed by atoms with E-state index in [0.717, 1.165) is 0 Å². The molecule has 1 aromatic rings. The largest absolute Gasteiger partial charge is 0.382 e. The van der Waals surface area contributed by atoms with Gasteiger partial charge >= 0.3 is 0 Å². The molecule has 1 amide bonds. The van der Waals surface area contributed by atoms with Crippen LogP contribution in [0.4, 0.5) is 0 Å². The van der Waals surface area contributed by atoms with Crippen molar-refractivity contribution in [3.05, 3.63) is 36.0 Å². The molecule has 1 heterocycles. The van der Waals surface area contributed by atoms with Gasteiger partial charge in [0, 0.05) is 11.8 Å². The average Bonchev–Trinajstić information content (AvgIpc) is 2.27. The van der Waals surface area contributed by atoms with Crippen molar-refractivity contribution in [2.24, 2.45) is 16.5 Å². The number of hydrogen-bond donors (Lipinski definition) is 3. The fraction of sp³-hybridized carbons (Fsp3) is 0. The summed E-state index contributed by atoms with van der Waals surface area (Å²) in [6.45, 7) is 0. The minimum Gasteiger partial charge on any atom is -0.382 e. The monoisotopic (exact) mass is 218 g/mol. The number of guanidine groups is 1. The van der Waals surface area contributed by atoms with Crippen molar-refractivity contribution in [1.29, 1.82) is 0 Å². The van der Waals surface area contributed by atoms with Crippen LogP contribution in [0.5, 0.6) is 5.75 Å². The third kappa shape index (κ3) is 1.81. The van der Waals surface area contributed by atoms with Gasteiger partial charge in [-0.3, -0.25) is 4.79 Å². The Balaban J connectivity index is 2.40. The van der Waals surface area contributed by atoms with Crippen LogP contribution in [0.25, 0.3) is 5.57 Å². The number of fused-ring (bicyclic) bond motifs is 1. The number of nitrogens with two attached hydrogens (primary N) is 2. The highest BCUT2D eigenvalue weighted by Crippen LogP contribution is 2.28. The Morgan fingerprint density at radius 1 is 1.31 bits per heavy atom. The number of rotatable bonds is 1. The Kier molecular flexibility index (Phi) is 2.47. The van der Waals surface area contributed by atoms with E-state index in [1.165, 1.54) is 6.20 Å². The number of hydrogen-bond acceptors (Lipinski definition) is 3. The number of hydroxylamine groups is 1. The van der Waals surface area contributed by atoms with E-state index >= 15 is 0 Å². The summed E-state index contributed by atoms with van der Waals surface area (Å²) in [6, 6.07) is 7.08. The van der Waals surface area contributed by atoms with Crippen LogP contribution in [0.15, 0.2) is 35.5 Å². The van der Waals surface area contributed by atoms with Gasteiger partial charge in [0.2, 0.25) is 0 Å². The lowest BCUT2D eigenvalue weighted by atomic mass is 10.0. The molecule has 0 spiro atoms. The molecule has 1 aliphatic heterocycles. The number of aliphatic imine (C=N–C) groups is 1. The van der Waals surface area contributed by atoms with Crippen LogP contribution in [0.1, 0.15) is 5.56 Å². The lowest BCUT2D eigenvalue weighted by Crippen LogP contribution is -2.25. The van der Waals surface area contributed by atoms with Crippen molar-refractivity contribution in [3.8, 4) is 5.75 Å². The van der Waals surface area contributed by atoms with Gasteiger partial charge in [-0.2, -0.15) is 4.99 Å². The predicted molar refractivity (Wildman–Crippen MR) is 59.0 cm³/mol. The highest BCUT2D eigenvalue weighted by molar-refractivity contribution is 6.23. The van der Waals surface area contributed by atoms with E-state index in [0.29, 0.717) is 16.9 Å². The summed E-state index contributed by atoms with van der Waals surface area (Å²) < 4.78 is 0. The van der Waals surface area contributed by atoms with Crippen molar-refractivity contribution in [2.45, 2.75) is 0 Å². The van der Waals surface area contributed by atoms with Gasteiger partial charge in [-0.05, 0) is 6.07 Å². The molecule has 0 bridgehead atoms. The van der Waals surface area contributed by atoms with Gasteiger partial charge in [0.25, 0.3) is 5.91 Å². The number of carbonyl (C=O) groups is 1. The Hall–Kier alpha value is -2.50. The van der Waals surface area contributed by atoms with Crippen LogP contribution in [0.2, 0.25) is 0 Å². The van der Waals surface area contributed by atoms with E-state index in [4.69, 9.17) is 16.3 Å². The van der Waals surface area contributed by atoms with E-state index < -0.39 is 5.91 Å². The first-order valence-electron chi connectivity index (χ1n) is 4.54. The third-order valence-corrected chi connectivity index (χ3v) is 2.01. The summed E-state index contributed by atoms with van der Waals surface area (Å²) in [6.07, 6.45) is 1.41. The second-order valence-electron chi connectivity index (χ2n) is 3.12. The molecule has 6 heteroatoms. The molecule has 0 saturated carbocycles. The second-order valence-corrected chi connectivity index (χ2v) is 3.12. The van der Waals surface area contributed by atoms with E-state index in [1.54, 1.807) is 24.3 Å². The second kappa shape index (κ2) is 3.93. The first-order valence-corrected chi connectivity index (χ1v) is 4.54. The summed E-state index contributed by atoms with van der Waals surface area (Å²) in [5, 5.41) is 0. The Labute approximate surface area is 91.5 Å². The van der Waals surface area contributed by atoms with Crippen LogP contribution in [0, 0.1) is 0 Å². The zero-order valence-electron chi connectivity index (χ0n) is 8.31. The minimum absolute atomic E-state index is 0.269. The van der Waals surface area contributed by atoms with E-state index in [2.05, 4.69) is 10.5 Å². The van der Waals surface area contributed by atoms with Crippen molar-refractivity contribution in [1.82, 2.24) is 5.48 Å². The number of benzene rings is 1. The van der Waals surface area contributed by atoms with Crippen molar-refractivity contribution < 1.29 is 9.63 Å². The molecule has 0 aliphatic carbocycles. The normalized spacial score (nSPS) is 12.6. The lowest BCUT2D eigenvalue weighted by Gasteiger charge is -2.16. The first kappa shape index (κ1) is 10.0. The first-order chi connectivity index (χ1) is 7.68. The van der Waals surface area contributed by atoms with E-state index in [9.17, 15) is 4.79 Å². The molecule has 6 nitrogen and oxygen atoms in total. The SMILES string of the molecule is NC(N)=NC(=O)C1=CNOc2ccccc21. The number of carbonyl (C=O) groups excluding carboxylic acids is 1. The fourth-order valence-electron chi connectivity index (χ4n) is 1.36. The summed E-state index contributed by atoms with van der Waals surface area (Å²) in [4.78, 5) is 20.2. The molecule has 2 rings (SSSR count). The van der Waals surface area contributed by atoms with Crippen LogP contribution in [0.3, 0.4) is 0 Å². The molecule has 0 aromatic heterocycles. The van der Waals surface area contributed by atoms with Crippen molar-refractivity contribution >= 4 is 17.4 Å². The molecule has 0 fully saturated rings. The maximum Gasteiger partial charge on any atom is 0.282 e. The highest BCUT2D eigenvalue weighted by Gasteiger charge is 2.19. The zero-order valence-corrected chi connectivity index (χ0v) is 8.31. The van der Waals surface area contributed by atoms with Gasteiger partial charge in [0.15, 0.2) is 11.7 Å². The van der Waals surface area contributed by atoms with Gasteiger partial charge in [0.05, 0.1) is 5.57 Å². The molecule has 1 aliphatic rings. The molecule has 16 heavy (non-hydrogen) atoms. The van der Waals surface area contributed by atoms with Crippen molar-refractivity contribution in [3.63, 3.8) is 0 Å². The molecule has 0 radical (unpaired) electrons. The molecule has 1 aromatic carbocycles. The molecule has 0 saturated heterocycles. The summed E-state index contributed by atoms with van der Waals surface area (Å²) in [5.41, 5.74) is 13.8. The standard InChI is InChI=1S/C10H10N4O2/c11-10(12)14-9(15)7-5-13-16-8-4-2-1-3-6(7)8/h1-5,13H,(H4,11,12,14,15). The molecule has 5 N–H and O–H groups in total. The molecular formula is C10H10N4O2. The van der Waals surface area contributed by atoms with Crippen LogP contribution < -0.4 is 21.8 Å². The van der Waals surface area contributed by atoms with E-state index in [-0.39, 0.29) is 5.96 Å². The zero-order chi connectivity index (χ0) is 11.5. The number of nitrogens with zero attached hydrogens (tertiary/aromatic N) is 1. The van der Waals surface area contributed by atoms with Gasteiger partial charge in [-0.1, -0.05) is 18.2 Å². The molecule has 0 atom stereocenters. The highest BCUT2D eigenvalue weighted by atomic mass is 16.6. The number of nitrogens with one attached hydrogen (secondary N) is 1. The average molecular weight is 218 g/mol. The maximum absolute atomic E-state index is 11.7. The van der Waals surface area contributed by atoms with Gasteiger partial charge in [0.1, 0.15) is 0 Å². The third-order valence-electron chi connectivity index (χ3n) is 2.01. The molecule has 0 unspecified atom stereocenters. The Morgan fingerprint density at radius 2 is 2.06 bits per heavy atom. The van der Waals surface area contributed by atoms with Crippen molar-refractivity contribution in [2.75, 3.05) is 0 Å². The summed E-state index contributed by atoms with van der Waals surface area (Å²) >= 11 is 0. The Bertz CT molecular complexity index is 489. The fourth-order valence-corrected chi connectivity index (χ4v) is 1.36. The Morgan fingerprint density at radius 3 is 2.81 bits per heavy atom. The quantitative estimate of drug-likeness (QED) is 0.444. The summed E-state index contributed by atoms with van der Waals surface area (Å²) in [7, 11) is 0. The smallest absolute Gasteiger partial charge is 0.282 e. The summed E-state index contributed by atoms with van der Waals surface area (Å²) in [5.74, 6) is -0.225. The predicted octanol–water partition coefficient (Wildman–Crippen LogP) is -0.275. The van der Waals surface area contributed by atoms with Crippen LogP contribution >= 0.6 is 0 Å². The molecular weight excluding hydrogens is 208 g/mol. The van der Waals surface area contributed by atoms with Gasteiger partial charge < -0.3 is 16.3 Å². The van der Waals surface area contributed by atoms with E-state index in [1.807, 2.05) is 0 Å². The van der Waals surface area contributed by atoms with Gasteiger partial charge in [-0.15, -0.1) is 0 Å². The number of amides is 1. The van der Waals surface area contributed by atoms with Gasteiger partial charge in [-0.25, -0.2) is 5.48 Å². The van der Waals surface area contributed by atoms with Crippen LogP contribution in [-0.2, 0) is 4.79 Å². The topological polar surface area (TPSA) is 103 Å². The number of para-hydroxylation sites is 1.